The van der Waals surface area contributed by atoms with Crippen molar-refractivity contribution < 1.29 is 3.07 Å². The van der Waals surface area contributed by atoms with Gasteiger partial charge in [0, 0.05) is 11.6 Å². The van der Waals surface area contributed by atoms with Crippen LogP contribution in [0.3, 0.4) is 0 Å². The van der Waals surface area contributed by atoms with Crippen molar-refractivity contribution in [3.63, 3.8) is 0 Å². The molecule has 2 nitrogen and oxygen atoms in total. The normalized spacial score (nSPS) is 10.9. The van der Waals surface area contributed by atoms with Crippen LogP contribution in [0.25, 0.3) is 10.9 Å². The Kier molecular flexibility index (Phi) is 3.21. The average molecular weight is 313 g/mol. The number of pyridine rings is 1. The van der Waals surface area contributed by atoms with Crippen LogP contribution in [0.2, 0.25) is 0 Å². The molecule has 0 saturated heterocycles. The van der Waals surface area contributed by atoms with Crippen molar-refractivity contribution in [2.45, 2.75) is 20.5 Å². The minimum absolute atomic E-state index is 0.644. The number of nitrogens with zero attached hydrogens (tertiary/aromatic N) is 1. The monoisotopic (exact) mass is 313 g/mol. The van der Waals surface area contributed by atoms with Gasteiger partial charge in [-0.2, -0.15) is 0 Å². The van der Waals surface area contributed by atoms with Gasteiger partial charge in [0.15, 0.2) is 0 Å². The van der Waals surface area contributed by atoms with E-state index < -0.39 is 0 Å². The van der Waals surface area contributed by atoms with Crippen molar-refractivity contribution in [1.82, 2.24) is 4.98 Å². The van der Waals surface area contributed by atoms with Crippen LogP contribution in [0.5, 0.6) is 0 Å². The summed E-state index contributed by atoms with van der Waals surface area (Å²) in [6, 6.07) is 6.43. The fraction of sp³-hybridized carbons (Fsp3) is 0.250. The van der Waals surface area contributed by atoms with Crippen molar-refractivity contribution in [3.8, 4) is 0 Å². The van der Waals surface area contributed by atoms with Crippen molar-refractivity contribution >= 4 is 33.9 Å². The second-order valence-electron chi connectivity index (χ2n) is 3.75. The smallest absolute Gasteiger partial charge is 0.110 e. The second-order valence-corrected chi connectivity index (χ2v) is 4.37. The van der Waals surface area contributed by atoms with Gasteiger partial charge >= 0.3 is 0 Å². The zero-order chi connectivity index (χ0) is 10.8. The first-order chi connectivity index (χ1) is 7.20. The molecule has 0 saturated carbocycles. The van der Waals surface area contributed by atoms with Crippen LogP contribution in [0.4, 0.5) is 0 Å². The molecule has 0 fully saturated rings. The lowest BCUT2D eigenvalue weighted by atomic mass is 10.1. The predicted octanol–water partition coefficient (Wildman–Crippen LogP) is 3.72. The van der Waals surface area contributed by atoms with E-state index in [0.717, 1.165) is 5.52 Å². The van der Waals surface area contributed by atoms with Gasteiger partial charge in [-0.1, -0.05) is 6.07 Å². The molecular weight excluding hydrogens is 301 g/mol. The van der Waals surface area contributed by atoms with E-state index in [0.29, 0.717) is 6.61 Å². The molecule has 1 aromatic heterocycles. The summed E-state index contributed by atoms with van der Waals surface area (Å²) < 4.78 is 5.11. The fourth-order valence-electron chi connectivity index (χ4n) is 1.77. The Bertz CT molecular complexity index is 496. The van der Waals surface area contributed by atoms with Gasteiger partial charge in [-0.25, -0.2) is 0 Å². The minimum Gasteiger partial charge on any atom is -0.311 e. The van der Waals surface area contributed by atoms with Gasteiger partial charge in [0.2, 0.25) is 0 Å². The molecule has 78 valence electrons. The van der Waals surface area contributed by atoms with E-state index in [4.69, 9.17) is 3.07 Å². The molecule has 0 N–H and O–H groups in total. The second kappa shape index (κ2) is 4.45. The van der Waals surface area contributed by atoms with Crippen molar-refractivity contribution in [3.05, 3.63) is 41.1 Å². The first-order valence-electron chi connectivity index (χ1n) is 4.80. The molecule has 0 amide bonds. The molecule has 2 rings (SSSR count). The number of halogens is 1. The molecule has 0 spiro atoms. The van der Waals surface area contributed by atoms with Crippen molar-refractivity contribution in [1.29, 1.82) is 0 Å². The van der Waals surface area contributed by atoms with E-state index in [9.17, 15) is 0 Å². The van der Waals surface area contributed by atoms with Crippen LogP contribution in [-0.4, -0.2) is 4.98 Å². The van der Waals surface area contributed by atoms with Crippen LogP contribution < -0.4 is 0 Å². The Morgan fingerprint density at radius 2 is 2.07 bits per heavy atom. The lowest BCUT2D eigenvalue weighted by molar-refractivity contribution is 0.418. The first-order valence-corrected chi connectivity index (χ1v) is 5.68. The third-order valence-corrected chi connectivity index (χ3v) is 2.70. The SMILES string of the molecule is Cc1cnc2c(C)cc(COI)cc2c1. The molecule has 2 aromatic rings. The van der Waals surface area contributed by atoms with E-state index in [-0.39, 0.29) is 0 Å². The summed E-state index contributed by atoms with van der Waals surface area (Å²) in [7, 11) is 0. The van der Waals surface area contributed by atoms with Crippen LogP contribution in [0.15, 0.2) is 24.4 Å². The number of hydrogen-bond donors (Lipinski definition) is 0. The zero-order valence-corrected chi connectivity index (χ0v) is 10.9. The molecule has 0 bridgehead atoms. The Hall–Kier alpha value is -0.680. The molecule has 15 heavy (non-hydrogen) atoms. The number of benzene rings is 1. The molecule has 0 radical (unpaired) electrons. The standard InChI is InChI=1S/C12H12INO/c1-8-3-11-5-10(7-15-13)4-9(2)12(11)14-6-8/h3-6H,7H2,1-2H3. The highest BCUT2D eigenvalue weighted by molar-refractivity contribution is 14.1. The lowest BCUT2D eigenvalue weighted by Crippen LogP contribution is -1.90. The summed E-state index contributed by atoms with van der Waals surface area (Å²) in [5, 5.41) is 1.19. The number of aryl methyl sites for hydroxylation is 2. The molecule has 1 heterocycles. The summed E-state index contributed by atoms with van der Waals surface area (Å²) in [5.74, 6) is 0. The van der Waals surface area contributed by atoms with E-state index in [1.807, 2.05) is 29.2 Å². The first kappa shape index (κ1) is 10.8. The molecule has 0 aliphatic heterocycles. The highest BCUT2D eigenvalue weighted by Crippen LogP contribution is 2.20. The lowest BCUT2D eigenvalue weighted by Gasteiger charge is -2.06. The third-order valence-electron chi connectivity index (χ3n) is 2.39. The Balaban J connectivity index is 2.63. The molecule has 0 atom stereocenters. The minimum atomic E-state index is 0.644. The molecule has 3 heteroatoms. The van der Waals surface area contributed by atoms with E-state index in [2.05, 4.69) is 37.0 Å². The summed E-state index contributed by atoms with van der Waals surface area (Å²) in [6.45, 7) is 4.79. The summed E-state index contributed by atoms with van der Waals surface area (Å²) in [5.41, 5.74) is 4.67. The fourth-order valence-corrected chi connectivity index (χ4v) is 2.13. The summed E-state index contributed by atoms with van der Waals surface area (Å²) in [4.78, 5) is 4.44. The number of hydrogen-bond acceptors (Lipinski definition) is 2. The third kappa shape index (κ3) is 2.29. The molecule has 0 aliphatic carbocycles. The van der Waals surface area contributed by atoms with Gasteiger partial charge in [-0.3, -0.25) is 4.98 Å². The zero-order valence-electron chi connectivity index (χ0n) is 8.75. The van der Waals surface area contributed by atoms with Crippen LogP contribution in [0, 0.1) is 13.8 Å². The highest BCUT2D eigenvalue weighted by Gasteiger charge is 2.02. The van der Waals surface area contributed by atoms with E-state index in [1.165, 1.54) is 22.1 Å². The number of rotatable bonds is 2. The van der Waals surface area contributed by atoms with Gasteiger partial charge in [0.05, 0.1) is 12.1 Å². The number of fused-ring (bicyclic) bond motifs is 1. The highest BCUT2D eigenvalue weighted by atomic mass is 127. The predicted molar refractivity (Wildman–Crippen MR) is 70.0 cm³/mol. The Morgan fingerprint density at radius 3 is 2.80 bits per heavy atom. The van der Waals surface area contributed by atoms with Gasteiger partial charge < -0.3 is 3.07 Å². The molecule has 0 aliphatic rings. The van der Waals surface area contributed by atoms with E-state index >= 15 is 0 Å². The molecular formula is C12H12INO. The topological polar surface area (TPSA) is 22.1 Å². The average Bonchev–Trinajstić information content (AvgIpc) is 2.17. The van der Waals surface area contributed by atoms with Crippen molar-refractivity contribution in [2.75, 3.05) is 0 Å². The molecule has 0 unspecified atom stereocenters. The Labute approximate surface area is 103 Å². The quantitative estimate of drug-likeness (QED) is 0.789. The largest absolute Gasteiger partial charge is 0.311 e. The summed E-state index contributed by atoms with van der Waals surface area (Å²) >= 11 is 1.92. The van der Waals surface area contributed by atoms with Crippen LogP contribution in [-0.2, 0) is 9.67 Å². The van der Waals surface area contributed by atoms with Gasteiger partial charge in [0.1, 0.15) is 23.0 Å². The van der Waals surface area contributed by atoms with Gasteiger partial charge in [-0.15, -0.1) is 0 Å². The van der Waals surface area contributed by atoms with Gasteiger partial charge in [0.25, 0.3) is 0 Å². The molecule has 1 aromatic carbocycles. The van der Waals surface area contributed by atoms with Crippen molar-refractivity contribution in [2.24, 2.45) is 0 Å². The maximum Gasteiger partial charge on any atom is 0.110 e. The number of aromatic nitrogens is 1. The maximum atomic E-state index is 5.11. The summed E-state index contributed by atoms with van der Waals surface area (Å²) in [6.07, 6.45) is 1.91. The van der Waals surface area contributed by atoms with Crippen LogP contribution in [0.1, 0.15) is 16.7 Å². The Morgan fingerprint density at radius 1 is 1.27 bits per heavy atom. The maximum absolute atomic E-state index is 5.11. The van der Waals surface area contributed by atoms with Gasteiger partial charge in [-0.05, 0) is 42.7 Å². The van der Waals surface area contributed by atoms with Crippen LogP contribution >= 0.6 is 23.0 Å². The van der Waals surface area contributed by atoms with E-state index in [1.54, 1.807) is 0 Å².